The fourth-order valence-corrected chi connectivity index (χ4v) is 2.10. The van der Waals surface area contributed by atoms with Crippen molar-refractivity contribution in [3.05, 3.63) is 0 Å². The molecule has 0 aromatic rings. The normalized spacial score (nSPS) is 12.1. The van der Waals surface area contributed by atoms with E-state index in [-0.39, 0.29) is 16.9 Å². The van der Waals surface area contributed by atoms with Crippen molar-refractivity contribution in [2.75, 3.05) is 6.54 Å². The third-order valence-electron chi connectivity index (χ3n) is 2.10. The molecule has 0 aliphatic rings. The predicted molar refractivity (Wildman–Crippen MR) is 60.4 cm³/mol. The molecular weight excluding hydrogens is 192 g/mol. The molecule has 0 bridgehead atoms. The van der Waals surface area contributed by atoms with E-state index >= 15 is 0 Å². The largest absolute Gasteiger partial charge is 0.358 e. The Hall–Kier alpha value is -1.06. The quantitative estimate of drug-likeness (QED) is 0.650. The van der Waals surface area contributed by atoms with Crippen LogP contribution in [-0.4, -0.2) is 24.4 Å². The van der Waals surface area contributed by atoms with Crippen LogP contribution < -0.4 is 10.6 Å². The third-order valence-corrected chi connectivity index (χ3v) is 2.10. The van der Waals surface area contributed by atoms with Crippen molar-refractivity contribution in [3.8, 4) is 0 Å². The molecule has 0 aliphatic heterocycles. The van der Waals surface area contributed by atoms with Crippen molar-refractivity contribution < 1.29 is 9.59 Å². The topological polar surface area (TPSA) is 58.2 Å². The number of hydrogen-bond donors (Lipinski definition) is 2. The Morgan fingerprint density at radius 2 is 1.80 bits per heavy atom. The average Bonchev–Trinajstić information content (AvgIpc) is 1.95. The highest BCUT2D eigenvalue weighted by atomic mass is 16.1. The maximum Gasteiger partial charge on any atom is 0.217 e. The van der Waals surface area contributed by atoms with Crippen LogP contribution in [0.1, 0.15) is 41.0 Å². The fraction of sp³-hybridized carbons (Fsp3) is 0.818. The number of rotatable bonds is 6. The van der Waals surface area contributed by atoms with E-state index in [9.17, 15) is 9.59 Å². The van der Waals surface area contributed by atoms with Gasteiger partial charge in [0.25, 0.3) is 0 Å². The van der Waals surface area contributed by atoms with Gasteiger partial charge in [0.05, 0.1) is 0 Å². The average molecular weight is 214 g/mol. The zero-order chi connectivity index (χ0) is 12.1. The van der Waals surface area contributed by atoms with Crippen LogP contribution in [0.3, 0.4) is 0 Å². The summed E-state index contributed by atoms with van der Waals surface area (Å²) >= 11 is 0. The van der Waals surface area contributed by atoms with Crippen LogP contribution in [0.25, 0.3) is 0 Å². The highest BCUT2D eigenvalue weighted by Gasteiger charge is 2.29. The third kappa shape index (κ3) is 6.94. The van der Waals surface area contributed by atoms with E-state index in [2.05, 4.69) is 24.5 Å². The summed E-state index contributed by atoms with van der Waals surface area (Å²) in [5.41, 5.74) is -0.285. The Bertz CT molecular complexity index is 235. The van der Waals surface area contributed by atoms with Crippen LogP contribution in [0, 0.1) is 5.41 Å². The molecule has 0 unspecified atom stereocenters. The molecule has 2 N–H and O–H groups in total. The fourth-order valence-electron chi connectivity index (χ4n) is 2.10. The van der Waals surface area contributed by atoms with Crippen LogP contribution in [-0.2, 0) is 9.59 Å². The molecule has 0 fully saturated rings. The first-order valence-corrected chi connectivity index (χ1v) is 5.14. The molecule has 0 rings (SSSR count). The molecule has 0 saturated heterocycles. The van der Waals surface area contributed by atoms with Gasteiger partial charge in [-0.1, -0.05) is 13.8 Å². The smallest absolute Gasteiger partial charge is 0.217 e. The van der Waals surface area contributed by atoms with E-state index in [0.29, 0.717) is 13.0 Å². The molecule has 0 aliphatic carbocycles. The second-order valence-electron chi connectivity index (χ2n) is 5.40. The molecule has 0 heterocycles. The first kappa shape index (κ1) is 13.9. The zero-order valence-electron chi connectivity index (χ0n) is 10.3. The Morgan fingerprint density at radius 3 is 2.20 bits per heavy atom. The minimum absolute atomic E-state index is 0.0286. The van der Waals surface area contributed by atoms with Gasteiger partial charge in [-0.15, -0.1) is 0 Å². The van der Waals surface area contributed by atoms with E-state index in [1.54, 1.807) is 0 Å². The van der Waals surface area contributed by atoms with Crippen molar-refractivity contribution >= 4 is 12.3 Å². The summed E-state index contributed by atoms with van der Waals surface area (Å²) in [6.45, 7) is 10.2. The molecule has 4 heteroatoms. The molecule has 0 aromatic heterocycles. The zero-order valence-corrected chi connectivity index (χ0v) is 10.3. The van der Waals surface area contributed by atoms with Crippen molar-refractivity contribution in [1.82, 2.24) is 10.6 Å². The van der Waals surface area contributed by atoms with Gasteiger partial charge in [0.1, 0.15) is 0 Å². The van der Waals surface area contributed by atoms with Gasteiger partial charge in [-0.25, -0.2) is 0 Å². The van der Waals surface area contributed by atoms with Crippen molar-refractivity contribution in [1.29, 1.82) is 0 Å². The minimum atomic E-state index is -0.250. The Labute approximate surface area is 91.8 Å². The van der Waals surface area contributed by atoms with Crippen LogP contribution in [0.4, 0.5) is 0 Å². The van der Waals surface area contributed by atoms with Crippen molar-refractivity contribution in [2.45, 2.75) is 46.6 Å². The molecule has 0 saturated carbocycles. The molecule has 0 radical (unpaired) electrons. The van der Waals surface area contributed by atoms with Gasteiger partial charge in [-0.05, 0) is 25.7 Å². The summed E-state index contributed by atoms with van der Waals surface area (Å²) in [6.07, 6.45) is 1.51. The monoisotopic (exact) mass is 214 g/mol. The number of amides is 2. The van der Waals surface area contributed by atoms with E-state index in [4.69, 9.17) is 0 Å². The predicted octanol–water partition coefficient (Wildman–Crippen LogP) is 1.06. The second-order valence-corrected chi connectivity index (χ2v) is 5.40. The highest BCUT2D eigenvalue weighted by Crippen LogP contribution is 2.26. The molecule has 88 valence electrons. The maximum absolute atomic E-state index is 11.0. The van der Waals surface area contributed by atoms with Gasteiger partial charge in [-0.2, -0.15) is 0 Å². The molecule has 0 spiro atoms. The van der Waals surface area contributed by atoms with Crippen molar-refractivity contribution in [2.24, 2.45) is 5.41 Å². The van der Waals surface area contributed by atoms with Gasteiger partial charge in [0.15, 0.2) is 0 Å². The van der Waals surface area contributed by atoms with Crippen LogP contribution in [0.5, 0.6) is 0 Å². The number of carbonyl (C=O) groups is 2. The van der Waals surface area contributed by atoms with Gasteiger partial charge in [0, 0.05) is 19.0 Å². The lowest BCUT2D eigenvalue weighted by Gasteiger charge is -2.35. The van der Waals surface area contributed by atoms with Crippen LogP contribution in [0.15, 0.2) is 0 Å². The lowest BCUT2D eigenvalue weighted by atomic mass is 9.80. The van der Waals surface area contributed by atoms with E-state index in [1.807, 2.05) is 13.8 Å². The van der Waals surface area contributed by atoms with Gasteiger partial charge >= 0.3 is 0 Å². The van der Waals surface area contributed by atoms with Crippen molar-refractivity contribution in [3.63, 3.8) is 0 Å². The molecule has 15 heavy (non-hydrogen) atoms. The maximum atomic E-state index is 11.0. The molecule has 4 nitrogen and oxygen atoms in total. The lowest BCUT2D eigenvalue weighted by Crippen LogP contribution is -2.47. The molecular formula is C11H22N2O2. The Kier molecular flexibility index (Phi) is 4.78. The molecule has 0 aromatic carbocycles. The number of carbonyl (C=O) groups excluding carboxylic acids is 2. The van der Waals surface area contributed by atoms with E-state index in [0.717, 1.165) is 6.42 Å². The standard InChI is InChI=1S/C11H22N2O2/c1-9(15)13-11(4,5)6-10(2,3)7-12-8-14/h8H,6-7H2,1-5H3,(H,12,14)(H,13,15). The van der Waals surface area contributed by atoms with Crippen LogP contribution in [0.2, 0.25) is 0 Å². The number of hydrogen-bond acceptors (Lipinski definition) is 2. The molecule has 2 amide bonds. The minimum Gasteiger partial charge on any atom is -0.358 e. The lowest BCUT2D eigenvalue weighted by molar-refractivity contribution is -0.121. The summed E-state index contributed by atoms with van der Waals surface area (Å²) in [5.74, 6) is -0.0286. The summed E-state index contributed by atoms with van der Waals surface area (Å²) in [5, 5.41) is 5.57. The molecule has 0 atom stereocenters. The summed E-state index contributed by atoms with van der Waals surface area (Å²) < 4.78 is 0. The first-order valence-electron chi connectivity index (χ1n) is 5.14. The summed E-state index contributed by atoms with van der Waals surface area (Å²) in [6, 6.07) is 0. The first-order chi connectivity index (χ1) is 6.68. The Morgan fingerprint density at radius 1 is 1.27 bits per heavy atom. The number of nitrogens with one attached hydrogen (secondary N) is 2. The van der Waals surface area contributed by atoms with E-state index in [1.165, 1.54) is 6.92 Å². The van der Waals surface area contributed by atoms with E-state index < -0.39 is 0 Å². The Balaban J connectivity index is 4.28. The second kappa shape index (κ2) is 5.14. The van der Waals surface area contributed by atoms with Gasteiger partial charge in [-0.3, -0.25) is 9.59 Å². The SMILES string of the molecule is CC(=O)NC(C)(C)CC(C)(C)CNC=O. The van der Waals surface area contributed by atoms with Gasteiger partial charge < -0.3 is 10.6 Å². The highest BCUT2D eigenvalue weighted by molar-refractivity contribution is 5.73. The van der Waals surface area contributed by atoms with Gasteiger partial charge in [0.2, 0.25) is 12.3 Å². The summed E-state index contributed by atoms with van der Waals surface area (Å²) in [4.78, 5) is 21.2. The summed E-state index contributed by atoms with van der Waals surface area (Å²) in [7, 11) is 0. The van der Waals surface area contributed by atoms with Crippen LogP contribution >= 0.6 is 0 Å².